The first-order valence-corrected chi connectivity index (χ1v) is 6.12. The second-order valence-corrected chi connectivity index (χ2v) is 4.15. The van der Waals surface area contributed by atoms with Crippen LogP contribution in [0.25, 0.3) is 0 Å². The molecule has 1 aromatic carbocycles. The second kappa shape index (κ2) is 5.54. The van der Waals surface area contributed by atoms with Gasteiger partial charge in [-0.3, -0.25) is 4.79 Å². The summed E-state index contributed by atoms with van der Waals surface area (Å²) in [7, 11) is 1.58. The zero-order valence-electron chi connectivity index (χ0n) is 10.7. The molecule has 2 aromatic rings. The number of ketones is 1. The molecule has 0 fully saturated rings. The van der Waals surface area contributed by atoms with Crippen molar-refractivity contribution < 1.29 is 9.53 Å². The quantitative estimate of drug-likeness (QED) is 0.819. The molecule has 18 heavy (non-hydrogen) atoms. The monoisotopic (exact) mass is 243 g/mol. The van der Waals surface area contributed by atoms with Crippen molar-refractivity contribution in [2.75, 3.05) is 7.11 Å². The molecule has 0 saturated heterocycles. The molecule has 0 amide bonds. The van der Waals surface area contributed by atoms with E-state index >= 15 is 0 Å². The van der Waals surface area contributed by atoms with Crippen LogP contribution < -0.4 is 4.74 Å². The minimum Gasteiger partial charge on any atom is -0.496 e. The fourth-order valence-corrected chi connectivity index (χ4v) is 2.05. The second-order valence-electron chi connectivity index (χ2n) is 4.15. The predicted molar refractivity (Wildman–Crippen MR) is 71.2 cm³/mol. The topological polar surface area (TPSA) is 42.1 Å². The Morgan fingerprint density at radius 1 is 1.22 bits per heavy atom. The van der Waals surface area contributed by atoms with Crippen molar-refractivity contribution in [2.24, 2.45) is 0 Å². The van der Waals surface area contributed by atoms with Crippen molar-refractivity contribution in [1.29, 1.82) is 0 Å². The standard InChI is InChI=1S/C15H17NO2/c1-3-6-13-11(9-10-16-13)15(17)12-7-4-5-8-14(12)18-2/h4-5,7-10,16H,3,6H2,1-2H3. The maximum absolute atomic E-state index is 12.5. The van der Waals surface area contributed by atoms with E-state index in [0.29, 0.717) is 11.3 Å². The van der Waals surface area contributed by atoms with E-state index in [-0.39, 0.29) is 5.78 Å². The molecule has 0 aliphatic carbocycles. The molecule has 0 radical (unpaired) electrons. The number of benzene rings is 1. The molecule has 0 atom stereocenters. The van der Waals surface area contributed by atoms with Gasteiger partial charge in [-0.15, -0.1) is 0 Å². The lowest BCUT2D eigenvalue weighted by molar-refractivity contribution is 0.103. The number of hydrogen-bond donors (Lipinski definition) is 1. The molecule has 1 heterocycles. The van der Waals surface area contributed by atoms with Crippen LogP contribution in [0.15, 0.2) is 36.5 Å². The van der Waals surface area contributed by atoms with Gasteiger partial charge in [-0.2, -0.15) is 0 Å². The van der Waals surface area contributed by atoms with Crippen molar-refractivity contribution in [2.45, 2.75) is 19.8 Å². The molecule has 94 valence electrons. The van der Waals surface area contributed by atoms with Crippen molar-refractivity contribution in [3.63, 3.8) is 0 Å². The molecular weight excluding hydrogens is 226 g/mol. The third-order valence-corrected chi connectivity index (χ3v) is 2.93. The number of nitrogens with one attached hydrogen (secondary N) is 1. The van der Waals surface area contributed by atoms with Gasteiger partial charge >= 0.3 is 0 Å². The van der Waals surface area contributed by atoms with Gasteiger partial charge in [-0.1, -0.05) is 25.5 Å². The number of aryl methyl sites for hydroxylation is 1. The summed E-state index contributed by atoms with van der Waals surface area (Å²) >= 11 is 0. The van der Waals surface area contributed by atoms with Crippen molar-refractivity contribution >= 4 is 5.78 Å². The Morgan fingerprint density at radius 2 is 2.00 bits per heavy atom. The highest BCUT2D eigenvalue weighted by molar-refractivity contribution is 6.11. The molecule has 0 saturated carbocycles. The molecule has 3 nitrogen and oxygen atoms in total. The molecular formula is C15H17NO2. The van der Waals surface area contributed by atoms with Gasteiger partial charge in [0.05, 0.1) is 12.7 Å². The SMILES string of the molecule is CCCc1[nH]ccc1C(=O)c1ccccc1OC. The van der Waals surface area contributed by atoms with E-state index in [1.165, 1.54) is 0 Å². The maximum Gasteiger partial charge on any atom is 0.198 e. The highest BCUT2D eigenvalue weighted by atomic mass is 16.5. The first-order valence-electron chi connectivity index (χ1n) is 6.12. The molecule has 3 heteroatoms. The van der Waals surface area contributed by atoms with Gasteiger partial charge in [0.1, 0.15) is 5.75 Å². The van der Waals surface area contributed by atoms with Crippen LogP contribution in [0.4, 0.5) is 0 Å². The van der Waals surface area contributed by atoms with E-state index < -0.39 is 0 Å². The third-order valence-electron chi connectivity index (χ3n) is 2.93. The van der Waals surface area contributed by atoms with E-state index in [4.69, 9.17) is 4.74 Å². The smallest absolute Gasteiger partial charge is 0.198 e. The number of carbonyl (C=O) groups excluding carboxylic acids is 1. The van der Waals surface area contributed by atoms with E-state index in [9.17, 15) is 4.79 Å². The van der Waals surface area contributed by atoms with Crippen LogP contribution in [0.2, 0.25) is 0 Å². The van der Waals surface area contributed by atoms with E-state index in [0.717, 1.165) is 24.1 Å². The Hall–Kier alpha value is -2.03. The lowest BCUT2D eigenvalue weighted by atomic mass is 10.0. The molecule has 0 spiro atoms. The molecule has 0 aliphatic heterocycles. The first-order chi connectivity index (χ1) is 8.77. The summed E-state index contributed by atoms with van der Waals surface area (Å²) in [5.41, 5.74) is 2.34. The summed E-state index contributed by atoms with van der Waals surface area (Å²) in [4.78, 5) is 15.6. The van der Waals surface area contributed by atoms with Gasteiger partial charge in [0.15, 0.2) is 5.78 Å². The van der Waals surface area contributed by atoms with Crippen LogP contribution >= 0.6 is 0 Å². The highest BCUT2D eigenvalue weighted by Crippen LogP contribution is 2.22. The van der Waals surface area contributed by atoms with E-state index in [1.54, 1.807) is 19.2 Å². The number of aromatic nitrogens is 1. The Balaban J connectivity index is 2.38. The number of hydrogen-bond acceptors (Lipinski definition) is 2. The summed E-state index contributed by atoms with van der Waals surface area (Å²) in [6.45, 7) is 2.10. The largest absolute Gasteiger partial charge is 0.496 e. The number of H-pyrrole nitrogens is 1. The Kier molecular flexibility index (Phi) is 3.82. The number of para-hydroxylation sites is 1. The minimum absolute atomic E-state index is 0.0113. The van der Waals surface area contributed by atoms with Gasteiger partial charge in [-0.05, 0) is 24.6 Å². The summed E-state index contributed by atoms with van der Waals surface area (Å²) < 4.78 is 5.23. The Labute approximate surface area is 107 Å². The Bertz CT molecular complexity index is 543. The van der Waals surface area contributed by atoms with Crippen molar-refractivity contribution in [3.8, 4) is 5.75 Å². The third kappa shape index (κ3) is 2.30. The van der Waals surface area contributed by atoms with Gasteiger partial charge in [0, 0.05) is 17.5 Å². The summed E-state index contributed by atoms with van der Waals surface area (Å²) in [6.07, 6.45) is 3.70. The zero-order chi connectivity index (χ0) is 13.0. The number of ether oxygens (including phenoxy) is 1. The van der Waals surface area contributed by atoms with Gasteiger partial charge in [0.25, 0.3) is 0 Å². The Morgan fingerprint density at radius 3 is 2.72 bits per heavy atom. The van der Waals surface area contributed by atoms with E-state index in [2.05, 4.69) is 11.9 Å². The van der Waals surface area contributed by atoms with E-state index in [1.807, 2.05) is 24.4 Å². The number of carbonyl (C=O) groups is 1. The van der Waals surface area contributed by atoms with Crippen LogP contribution in [-0.2, 0) is 6.42 Å². The molecule has 1 aromatic heterocycles. The fourth-order valence-electron chi connectivity index (χ4n) is 2.05. The summed E-state index contributed by atoms with van der Waals surface area (Å²) in [6, 6.07) is 9.14. The predicted octanol–water partition coefficient (Wildman–Crippen LogP) is 3.21. The molecule has 1 N–H and O–H groups in total. The van der Waals surface area contributed by atoms with Crippen molar-refractivity contribution in [3.05, 3.63) is 53.3 Å². The number of aromatic amines is 1. The van der Waals surface area contributed by atoms with Crippen molar-refractivity contribution in [1.82, 2.24) is 4.98 Å². The number of rotatable bonds is 5. The summed E-state index contributed by atoms with van der Waals surface area (Å²) in [5.74, 6) is 0.628. The average Bonchev–Trinajstić information content (AvgIpc) is 2.86. The molecule has 0 aliphatic rings. The minimum atomic E-state index is 0.0113. The summed E-state index contributed by atoms with van der Waals surface area (Å²) in [5, 5.41) is 0. The van der Waals surface area contributed by atoms with Gasteiger partial charge < -0.3 is 9.72 Å². The lowest BCUT2D eigenvalue weighted by Gasteiger charge is -2.07. The van der Waals surface area contributed by atoms with Crippen LogP contribution in [0.1, 0.15) is 35.0 Å². The first kappa shape index (κ1) is 12.4. The van der Waals surface area contributed by atoms with Crippen LogP contribution in [0, 0.1) is 0 Å². The maximum atomic E-state index is 12.5. The zero-order valence-corrected chi connectivity index (χ0v) is 10.7. The van der Waals surface area contributed by atoms with Gasteiger partial charge in [-0.25, -0.2) is 0 Å². The highest BCUT2D eigenvalue weighted by Gasteiger charge is 2.17. The lowest BCUT2D eigenvalue weighted by Crippen LogP contribution is -2.05. The normalized spacial score (nSPS) is 10.3. The fraction of sp³-hybridized carbons (Fsp3) is 0.267. The number of methoxy groups -OCH3 is 1. The van der Waals surface area contributed by atoms with Crippen LogP contribution in [0.5, 0.6) is 5.75 Å². The molecule has 0 bridgehead atoms. The molecule has 2 rings (SSSR count). The molecule has 0 unspecified atom stereocenters. The van der Waals surface area contributed by atoms with Crippen LogP contribution in [0.3, 0.4) is 0 Å². The van der Waals surface area contributed by atoms with Crippen LogP contribution in [-0.4, -0.2) is 17.9 Å². The van der Waals surface area contributed by atoms with Gasteiger partial charge in [0.2, 0.25) is 0 Å². The average molecular weight is 243 g/mol.